The van der Waals surface area contributed by atoms with Crippen LogP contribution in [0.2, 0.25) is 0 Å². The quantitative estimate of drug-likeness (QED) is 0.515. The van der Waals surface area contributed by atoms with Gasteiger partial charge in [0.1, 0.15) is 17.5 Å². The van der Waals surface area contributed by atoms with Crippen molar-refractivity contribution in [3.05, 3.63) is 0 Å². The molecule has 4 aliphatic carbocycles. The summed E-state index contributed by atoms with van der Waals surface area (Å²) in [6.45, 7) is 18.6. The molecule has 192 valence electrons. The van der Waals surface area contributed by atoms with Gasteiger partial charge in [-0.25, -0.2) is 0 Å². The number of hydrogen-bond acceptors (Lipinski definition) is 4. The third-order valence-corrected chi connectivity index (χ3v) is 13.4. The van der Waals surface area contributed by atoms with Crippen molar-refractivity contribution in [2.45, 2.75) is 136 Å². The van der Waals surface area contributed by atoms with Crippen LogP contribution >= 0.6 is 0 Å². The Balaban J connectivity index is 1.28. The molecule has 0 bridgehead atoms. The van der Waals surface area contributed by atoms with Crippen molar-refractivity contribution in [2.75, 3.05) is 0 Å². The monoisotopic (exact) mass is 472 g/mol. The summed E-state index contributed by atoms with van der Waals surface area (Å²) in [7, 11) is 0. The van der Waals surface area contributed by atoms with Crippen LogP contribution in [0, 0.1) is 45.3 Å². The Morgan fingerprint density at radius 3 is 2.29 bits per heavy atom. The Bertz CT molecular complexity index is 909. The highest BCUT2D eigenvalue weighted by atomic mass is 16.6. The van der Waals surface area contributed by atoms with Gasteiger partial charge in [0.15, 0.2) is 0 Å². The fraction of sp³-hybridized carbons (Fsp3) is 0.967. The first-order chi connectivity index (χ1) is 15.7. The molecule has 1 spiro atoms. The molecule has 0 radical (unpaired) electrons. The maximum absolute atomic E-state index is 12.9. The zero-order chi connectivity index (χ0) is 24.7. The van der Waals surface area contributed by atoms with Crippen LogP contribution in [0.1, 0.15) is 107 Å². The molecule has 2 saturated heterocycles. The lowest BCUT2D eigenvalue weighted by Crippen LogP contribution is -2.65. The maximum Gasteiger partial charge on any atom is 0.138 e. The standard InChI is InChI=1S/C30H48O4/c1-17(15-19(31)24-26(4,5)34-24)18-9-14-29(8)28(18,7)13-10-20-27(6)12-11-22(32)25(2,3)21(27)16-23-30(20,29)33-23/h17-21,23-24,31H,9-16H2,1-8H3/t17-,18-,19+,20+,21-,23+,24-,27+,28-,29-,30-/m0/s1. The number of ether oxygens (including phenoxy) is 2. The van der Waals surface area contributed by atoms with Crippen molar-refractivity contribution < 1.29 is 19.4 Å². The first-order valence-electron chi connectivity index (χ1n) is 14.2. The molecule has 0 unspecified atom stereocenters. The number of Topliss-reactive ketones (excluding diaryl/α,β-unsaturated/α-hetero) is 1. The molecule has 6 fully saturated rings. The predicted molar refractivity (Wildman–Crippen MR) is 132 cm³/mol. The number of rotatable bonds is 4. The molecule has 4 heteroatoms. The van der Waals surface area contributed by atoms with Crippen LogP contribution in [0.25, 0.3) is 0 Å². The summed E-state index contributed by atoms with van der Waals surface area (Å²) in [4.78, 5) is 12.9. The van der Waals surface area contributed by atoms with Gasteiger partial charge in [0, 0.05) is 17.3 Å². The lowest BCUT2D eigenvalue weighted by Gasteiger charge is -2.65. The molecule has 1 N–H and O–H groups in total. The van der Waals surface area contributed by atoms with Crippen LogP contribution in [0.15, 0.2) is 0 Å². The van der Waals surface area contributed by atoms with E-state index < -0.39 is 0 Å². The molecule has 4 nitrogen and oxygen atoms in total. The largest absolute Gasteiger partial charge is 0.390 e. The third kappa shape index (κ3) is 2.64. The van der Waals surface area contributed by atoms with E-state index >= 15 is 0 Å². The van der Waals surface area contributed by atoms with Gasteiger partial charge in [-0.05, 0) is 93.3 Å². The van der Waals surface area contributed by atoms with Crippen LogP contribution < -0.4 is 0 Å². The zero-order valence-corrected chi connectivity index (χ0v) is 22.9. The van der Waals surface area contributed by atoms with Crippen LogP contribution in [0.3, 0.4) is 0 Å². The Kier molecular flexibility index (Phi) is 4.71. The minimum Gasteiger partial charge on any atom is -0.390 e. The second-order valence-electron chi connectivity index (χ2n) is 15.2. The van der Waals surface area contributed by atoms with E-state index in [1.54, 1.807) is 0 Å². The summed E-state index contributed by atoms with van der Waals surface area (Å²) >= 11 is 0. The van der Waals surface area contributed by atoms with E-state index in [1.807, 2.05) is 0 Å². The highest BCUT2D eigenvalue weighted by Gasteiger charge is 2.83. The minimum atomic E-state index is -0.365. The van der Waals surface area contributed by atoms with Gasteiger partial charge in [0.05, 0.1) is 17.8 Å². The number of fused-ring (bicyclic) bond motifs is 3. The second-order valence-corrected chi connectivity index (χ2v) is 15.2. The number of aliphatic hydroxyl groups excluding tert-OH is 1. The zero-order valence-electron chi connectivity index (χ0n) is 22.9. The molecular formula is C30H48O4. The third-order valence-electron chi connectivity index (χ3n) is 13.4. The van der Waals surface area contributed by atoms with E-state index in [-0.39, 0.29) is 45.1 Å². The number of carbonyl (C=O) groups excluding carboxylic acids is 1. The molecule has 0 aromatic carbocycles. The van der Waals surface area contributed by atoms with E-state index in [2.05, 4.69) is 55.4 Å². The maximum atomic E-state index is 12.9. The van der Waals surface area contributed by atoms with Gasteiger partial charge in [0.2, 0.25) is 0 Å². The number of ketones is 1. The average molecular weight is 473 g/mol. The van der Waals surface area contributed by atoms with E-state index in [9.17, 15) is 9.90 Å². The van der Waals surface area contributed by atoms with Crippen molar-refractivity contribution >= 4 is 5.78 Å². The van der Waals surface area contributed by atoms with Gasteiger partial charge in [-0.2, -0.15) is 0 Å². The smallest absolute Gasteiger partial charge is 0.138 e. The SMILES string of the molecule is C[C@@H](C[C@@H](O)[C@@H]1OC1(C)C)[C@@H]1CC[C@]2(C)[C@@]34O[C@@H]3C[C@H]3C(C)(C)C(=O)CC[C@]3(C)[C@H]4CC[C@@]12C. The fourth-order valence-corrected chi connectivity index (χ4v) is 11.1. The first-order valence-corrected chi connectivity index (χ1v) is 14.2. The van der Waals surface area contributed by atoms with Crippen molar-refractivity contribution in [1.82, 2.24) is 0 Å². The van der Waals surface area contributed by atoms with Crippen molar-refractivity contribution in [1.29, 1.82) is 0 Å². The van der Waals surface area contributed by atoms with Crippen LogP contribution in [-0.2, 0) is 14.3 Å². The normalized spacial score (nSPS) is 55.9. The summed E-state index contributed by atoms with van der Waals surface area (Å²) in [6, 6.07) is 0. The summed E-state index contributed by atoms with van der Waals surface area (Å²) in [5.41, 5.74) is 0.212. The molecule has 0 amide bonds. The van der Waals surface area contributed by atoms with Gasteiger partial charge in [0.25, 0.3) is 0 Å². The Hall–Kier alpha value is -0.450. The summed E-state index contributed by atoms with van der Waals surface area (Å²) in [6.07, 6.45) is 8.58. The number of aliphatic hydroxyl groups is 1. The first kappa shape index (κ1) is 23.9. The van der Waals surface area contributed by atoms with E-state index in [0.29, 0.717) is 35.6 Å². The Morgan fingerprint density at radius 1 is 0.971 bits per heavy atom. The van der Waals surface area contributed by atoms with Gasteiger partial charge in [-0.1, -0.05) is 41.5 Å². The fourth-order valence-electron chi connectivity index (χ4n) is 11.1. The molecule has 34 heavy (non-hydrogen) atoms. The van der Waals surface area contributed by atoms with Gasteiger partial charge in [-0.3, -0.25) is 4.79 Å². The molecule has 2 heterocycles. The van der Waals surface area contributed by atoms with Gasteiger partial charge < -0.3 is 14.6 Å². The highest BCUT2D eigenvalue weighted by Crippen LogP contribution is 2.81. The molecule has 2 aliphatic heterocycles. The van der Waals surface area contributed by atoms with Crippen LogP contribution in [0.4, 0.5) is 0 Å². The predicted octanol–water partition coefficient (Wildman–Crippen LogP) is 5.94. The van der Waals surface area contributed by atoms with Gasteiger partial charge >= 0.3 is 0 Å². The average Bonchev–Trinajstić information content (AvgIpc) is 3.59. The van der Waals surface area contributed by atoms with Crippen molar-refractivity contribution in [2.24, 2.45) is 45.3 Å². The minimum absolute atomic E-state index is 0.00357. The number of epoxide rings is 2. The van der Waals surface area contributed by atoms with Crippen LogP contribution in [0.5, 0.6) is 0 Å². The molecule has 6 rings (SSSR count). The summed E-state index contributed by atoms with van der Waals surface area (Å²) in [5.74, 6) is 2.56. The molecule has 11 atom stereocenters. The van der Waals surface area contributed by atoms with Crippen molar-refractivity contribution in [3.63, 3.8) is 0 Å². The molecule has 0 aromatic heterocycles. The number of carbonyl (C=O) groups is 1. The Morgan fingerprint density at radius 2 is 1.65 bits per heavy atom. The summed E-state index contributed by atoms with van der Waals surface area (Å²) < 4.78 is 12.7. The summed E-state index contributed by atoms with van der Waals surface area (Å²) in [5, 5.41) is 10.9. The van der Waals surface area contributed by atoms with E-state index in [4.69, 9.17) is 9.47 Å². The van der Waals surface area contributed by atoms with E-state index in [1.165, 1.54) is 25.7 Å². The van der Waals surface area contributed by atoms with Gasteiger partial charge in [-0.15, -0.1) is 0 Å². The van der Waals surface area contributed by atoms with Crippen molar-refractivity contribution in [3.8, 4) is 0 Å². The number of hydrogen-bond donors (Lipinski definition) is 1. The van der Waals surface area contributed by atoms with E-state index in [0.717, 1.165) is 25.7 Å². The molecule has 0 aromatic rings. The molecule has 4 saturated carbocycles. The van der Waals surface area contributed by atoms with Crippen LogP contribution in [-0.4, -0.2) is 40.4 Å². The molecule has 6 aliphatic rings. The topological polar surface area (TPSA) is 62.4 Å². The molecular weight excluding hydrogens is 424 g/mol. The Labute approximate surface area is 206 Å². The highest BCUT2D eigenvalue weighted by molar-refractivity contribution is 5.85. The lowest BCUT2D eigenvalue weighted by molar-refractivity contribution is -0.175. The second kappa shape index (κ2) is 6.70. The lowest BCUT2D eigenvalue weighted by atomic mass is 9.38.